The smallest absolute Gasteiger partial charge is 0.0540 e. The van der Waals surface area contributed by atoms with Gasteiger partial charge in [-0.15, -0.1) is 0 Å². The van der Waals surface area contributed by atoms with E-state index in [0.717, 1.165) is 44.9 Å². The van der Waals surface area contributed by atoms with Crippen LogP contribution in [0.15, 0.2) is 207 Å². The minimum atomic E-state index is 1.05. The lowest BCUT2D eigenvalue weighted by Gasteiger charge is -2.28. The molecule has 11 rings (SSSR count). The van der Waals surface area contributed by atoms with E-state index < -0.39 is 0 Å². The first kappa shape index (κ1) is 32.7. The van der Waals surface area contributed by atoms with Crippen molar-refractivity contribution < 1.29 is 0 Å². The average Bonchev–Trinajstić information content (AvgIpc) is 3.29. The SMILES string of the molecule is c1cncc(-c2cc(-c3cccnc3)cc(N(c3ccc(-c4cc5ccc6cc(-c7cccnc7)cc7ccc(c4)c5c67)cc3)c3cccc4ccccc34)c2)c1. The largest absolute Gasteiger partial charge is 0.310 e. The number of anilines is 3. The van der Waals surface area contributed by atoms with Gasteiger partial charge in [0.25, 0.3) is 0 Å². The summed E-state index contributed by atoms with van der Waals surface area (Å²) in [5.74, 6) is 0. The summed E-state index contributed by atoms with van der Waals surface area (Å²) < 4.78 is 0. The molecular weight excluding hydrogens is 693 g/mol. The van der Waals surface area contributed by atoms with E-state index in [2.05, 4.69) is 172 Å². The molecule has 0 aliphatic heterocycles. The van der Waals surface area contributed by atoms with Crippen LogP contribution in [0.3, 0.4) is 0 Å². The van der Waals surface area contributed by atoms with Crippen LogP contribution in [0.2, 0.25) is 0 Å². The first-order valence-electron chi connectivity index (χ1n) is 19.2. The van der Waals surface area contributed by atoms with Gasteiger partial charge >= 0.3 is 0 Å². The Kier molecular flexibility index (Phi) is 7.78. The highest BCUT2D eigenvalue weighted by molar-refractivity contribution is 6.24. The fourth-order valence-electron chi connectivity index (χ4n) is 8.48. The number of hydrogen-bond donors (Lipinski definition) is 0. The maximum atomic E-state index is 4.47. The molecule has 0 saturated carbocycles. The topological polar surface area (TPSA) is 41.9 Å². The second-order valence-corrected chi connectivity index (χ2v) is 14.6. The predicted octanol–water partition coefficient (Wildman–Crippen LogP) is 14.1. The van der Waals surface area contributed by atoms with Gasteiger partial charge in [0, 0.05) is 70.6 Å². The van der Waals surface area contributed by atoms with Crippen LogP contribution in [0.25, 0.3) is 87.6 Å². The molecule has 0 aliphatic rings. The number of hydrogen-bond acceptors (Lipinski definition) is 4. The summed E-state index contributed by atoms with van der Waals surface area (Å²) >= 11 is 0. The lowest BCUT2D eigenvalue weighted by Crippen LogP contribution is -2.11. The number of fused-ring (bicyclic) bond motifs is 1. The zero-order chi connectivity index (χ0) is 37.7. The summed E-state index contributed by atoms with van der Waals surface area (Å²) in [5, 5.41) is 9.96. The lowest BCUT2D eigenvalue weighted by molar-refractivity contribution is 1.29. The molecule has 0 bridgehead atoms. The molecule has 11 aromatic rings. The van der Waals surface area contributed by atoms with Gasteiger partial charge in [-0.2, -0.15) is 0 Å². The van der Waals surface area contributed by atoms with Crippen molar-refractivity contribution in [1.29, 1.82) is 0 Å². The van der Waals surface area contributed by atoms with Crippen LogP contribution >= 0.6 is 0 Å². The van der Waals surface area contributed by atoms with E-state index in [4.69, 9.17) is 0 Å². The van der Waals surface area contributed by atoms with Gasteiger partial charge in [-0.05, 0) is 144 Å². The molecule has 266 valence electrons. The Morgan fingerprint density at radius 2 is 0.772 bits per heavy atom. The quantitative estimate of drug-likeness (QED) is 0.153. The third-order valence-corrected chi connectivity index (χ3v) is 11.2. The second-order valence-electron chi connectivity index (χ2n) is 14.6. The second kappa shape index (κ2) is 13.6. The predicted molar refractivity (Wildman–Crippen MR) is 237 cm³/mol. The monoisotopic (exact) mass is 726 g/mol. The van der Waals surface area contributed by atoms with Crippen LogP contribution in [0.1, 0.15) is 0 Å². The van der Waals surface area contributed by atoms with Crippen molar-refractivity contribution in [1.82, 2.24) is 15.0 Å². The summed E-state index contributed by atoms with van der Waals surface area (Å²) in [6.45, 7) is 0. The van der Waals surface area contributed by atoms with E-state index in [-0.39, 0.29) is 0 Å². The first-order chi connectivity index (χ1) is 28.2. The Bertz CT molecular complexity index is 3090. The van der Waals surface area contributed by atoms with Gasteiger partial charge in [-0.25, -0.2) is 0 Å². The number of nitrogens with zero attached hydrogens (tertiary/aromatic N) is 4. The van der Waals surface area contributed by atoms with Gasteiger partial charge < -0.3 is 4.90 Å². The molecular formula is C53H34N4. The van der Waals surface area contributed by atoms with E-state index in [1.54, 1.807) is 0 Å². The van der Waals surface area contributed by atoms with Crippen LogP contribution in [-0.2, 0) is 0 Å². The van der Waals surface area contributed by atoms with Crippen LogP contribution in [0.4, 0.5) is 17.1 Å². The molecule has 8 aromatic carbocycles. The molecule has 0 unspecified atom stereocenters. The maximum absolute atomic E-state index is 4.47. The summed E-state index contributed by atoms with van der Waals surface area (Å²) in [6.07, 6.45) is 11.3. The molecule has 4 heteroatoms. The van der Waals surface area contributed by atoms with Gasteiger partial charge in [-0.3, -0.25) is 15.0 Å². The Labute approximate surface area is 330 Å². The van der Waals surface area contributed by atoms with Gasteiger partial charge in [0.05, 0.1) is 5.69 Å². The van der Waals surface area contributed by atoms with Gasteiger partial charge in [0.1, 0.15) is 0 Å². The highest BCUT2D eigenvalue weighted by atomic mass is 15.1. The number of aromatic nitrogens is 3. The summed E-state index contributed by atoms with van der Waals surface area (Å²) in [7, 11) is 0. The molecule has 0 saturated heterocycles. The molecule has 3 heterocycles. The summed E-state index contributed by atoms with van der Waals surface area (Å²) in [6, 6.07) is 61.6. The average molecular weight is 727 g/mol. The Hall–Kier alpha value is -7.69. The molecule has 4 nitrogen and oxygen atoms in total. The minimum Gasteiger partial charge on any atom is -0.310 e. The first-order valence-corrected chi connectivity index (χ1v) is 19.2. The molecule has 0 atom stereocenters. The van der Waals surface area contributed by atoms with Crippen molar-refractivity contribution in [2.24, 2.45) is 0 Å². The fourth-order valence-corrected chi connectivity index (χ4v) is 8.48. The molecule has 0 N–H and O–H groups in total. The van der Waals surface area contributed by atoms with Crippen LogP contribution in [0, 0.1) is 0 Å². The van der Waals surface area contributed by atoms with E-state index in [1.165, 1.54) is 59.8 Å². The van der Waals surface area contributed by atoms with E-state index in [9.17, 15) is 0 Å². The lowest BCUT2D eigenvalue weighted by atomic mass is 9.89. The summed E-state index contributed by atoms with van der Waals surface area (Å²) in [5.41, 5.74) is 12.2. The molecule has 0 fully saturated rings. The van der Waals surface area contributed by atoms with Gasteiger partial charge in [-0.1, -0.05) is 91.0 Å². The number of rotatable bonds is 7. The standard InChI is InChI=1S/C53H34N4/c1-2-12-50-36(7-1)8-3-13-51(50)57(49-30-46(42-10-5-23-55-33-42)29-47(31-49)43-11-6-24-56-34-43)48-20-18-35(19-21-48)44-25-37-14-16-39-27-45(41-9-4-22-54-32-41)28-40-17-15-38(26-44)52(37)53(39)40/h1-34H. The number of pyridine rings is 3. The van der Waals surface area contributed by atoms with Gasteiger partial charge in [0.15, 0.2) is 0 Å². The minimum absolute atomic E-state index is 1.05. The normalized spacial score (nSPS) is 11.5. The molecule has 3 aromatic heterocycles. The van der Waals surface area contributed by atoms with E-state index >= 15 is 0 Å². The molecule has 0 aliphatic carbocycles. The van der Waals surface area contributed by atoms with Gasteiger partial charge in [0.2, 0.25) is 0 Å². The Morgan fingerprint density at radius 3 is 1.28 bits per heavy atom. The molecule has 0 spiro atoms. The van der Waals surface area contributed by atoms with Crippen molar-refractivity contribution in [2.75, 3.05) is 4.90 Å². The zero-order valence-electron chi connectivity index (χ0n) is 30.9. The molecule has 0 amide bonds. The van der Waals surface area contributed by atoms with Crippen LogP contribution in [-0.4, -0.2) is 15.0 Å². The molecule has 57 heavy (non-hydrogen) atoms. The third-order valence-electron chi connectivity index (χ3n) is 11.2. The van der Waals surface area contributed by atoms with Crippen molar-refractivity contribution in [2.45, 2.75) is 0 Å². The maximum Gasteiger partial charge on any atom is 0.0540 e. The Balaban J connectivity index is 1.05. The highest BCUT2D eigenvalue weighted by Gasteiger charge is 2.19. The summed E-state index contributed by atoms with van der Waals surface area (Å²) in [4.78, 5) is 15.7. The number of benzene rings is 8. The zero-order valence-corrected chi connectivity index (χ0v) is 30.9. The van der Waals surface area contributed by atoms with Crippen molar-refractivity contribution in [3.63, 3.8) is 0 Å². The van der Waals surface area contributed by atoms with Crippen molar-refractivity contribution in [3.8, 4) is 44.5 Å². The molecule has 0 radical (unpaired) electrons. The third kappa shape index (κ3) is 5.83. The van der Waals surface area contributed by atoms with Crippen molar-refractivity contribution >= 4 is 60.2 Å². The fraction of sp³-hybridized carbons (Fsp3) is 0. The van der Waals surface area contributed by atoms with E-state index in [0.29, 0.717) is 0 Å². The van der Waals surface area contributed by atoms with E-state index in [1.807, 2.05) is 55.4 Å². The Morgan fingerprint density at radius 1 is 0.298 bits per heavy atom. The van der Waals surface area contributed by atoms with Crippen LogP contribution < -0.4 is 4.90 Å². The van der Waals surface area contributed by atoms with Crippen LogP contribution in [0.5, 0.6) is 0 Å². The highest BCUT2D eigenvalue weighted by Crippen LogP contribution is 2.44. The van der Waals surface area contributed by atoms with Crippen molar-refractivity contribution in [3.05, 3.63) is 207 Å².